The number of carboxylic acids is 1. The van der Waals surface area contributed by atoms with Gasteiger partial charge in [0.05, 0.1) is 28.9 Å². The second-order valence-corrected chi connectivity index (χ2v) is 8.47. The third-order valence-corrected chi connectivity index (χ3v) is 4.84. The number of hydrogen-bond donors (Lipinski definition) is 2. The van der Waals surface area contributed by atoms with Crippen LogP contribution in [0.1, 0.15) is 50.8 Å². The van der Waals surface area contributed by atoms with Crippen molar-refractivity contribution < 1.29 is 19.4 Å². The Morgan fingerprint density at radius 1 is 1.21 bits per heavy atom. The van der Waals surface area contributed by atoms with Gasteiger partial charge < -0.3 is 19.7 Å². The highest BCUT2D eigenvalue weighted by molar-refractivity contribution is 6.05. The average molecular weight is 388 g/mol. The second-order valence-electron chi connectivity index (χ2n) is 8.47. The van der Waals surface area contributed by atoms with E-state index in [0.29, 0.717) is 29.9 Å². The number of aromatic nitrogens is 2. The molecule has 0 spiro atoms. The number of aromatic carboxylic acids is 1. The topological polar surface area (TPSA) is 98.8 Å². The molecule has 1 fully saturated rings. The number of carbonyl (C=O) groups is 2. The monoisotopic (exact) mass is 388 g/mol. The molecule has 0 unspecified atom stereocenters. The van der Waals surface area contributed by atoms with Crippen LogP contribution < -0.4 is 4.90 Å². The fraction of sp³-hybridized carbons (Fsp3) is 0.550. The molecule has 1 aromatic carbocycles. The van der Waals surface area contributed by atoms with Crippen molar-refractivity contribution in [3.05, 3.63) is 23.5 Å². The molecule has 8 heteroatoms. The van der Waals surface area contributed by atoms with Gasteiger partial charge in [0.2, 0.25) is 0 Å². The van der Waals surface area contributed by atoms with E-state index in [1.807, 2.05) is 40.7 Å². The van der Waals surface area contributed by atoms with Crippen LogP contribution in [0.2, 0.25) is 0 Å². The van der Waals surface area contributed by atoms with Crippen LogP contribution in [0.3, 0.4) is 0 Å². The molecule has 0 aliphatic carbocycles. The number of H-pyrrole nitrogens is 1. The summed E-state index contributed by atoms with van der Waals surface area (Å²) in [4.78, 5) is 35.6. The van der Waals surface area contributed by atoms with E-state index < -0.39 is 11.6 Å². The fourth-order valence-electron chi connectivity index (χ4n) is 3.83. The maximum atomic E-state index is 12.6. The molecule has 2 N–H and O–H groups in total. The molecule has 8 nitrogen and oxygen atoms in total. The highest BCUT2D eigenvalue weighted by atomic mass is 16.6. The molecular weight excluding hydrogens is 360 g/mol. The summed E-state index contributed by atoms with van der Waals surface area (Å²) in [6.07, 6.45) is -0.309. The molecule has 0 saturated carbocycles. The highest BCUT2D eigenvalue weighted by Gasteiger charge is 2.36. The van der Waals surface area contributed by atoms with Gasteiger partial charge in [0.15, 0.2) is 0 Å². The lowest BCUT2D eigenvalue weighted by Gasteiger charge is -2.45. The first-order chi connectivity index (χ1) is 13.0. The van der Waals surface area contributed by atoms with Crippen LogP contribution in [0.4, 0.5) is 10.5 Å². The Morgan fingerprint density at radius 2 is 1.82 bits per heavy atom. The molecule has 2 heterocycles. The van der Waals surface area contributed by atoms with E-state index in [0.717, 1.165) is 5.69 Å². The lowest BCUT2D eigenvalue weighted by molar-refractivity contribution is 0.00566. The van der Waals surface area contributed by atoms with Gasteiger partial charge in [0, 0.05) is 13.1 Å². The SMILES string of the molecule is Cc1nc2c(C(=O)O)ccc(N3C[C@@H](C)N(C(=O)OC(C)(C)C)[C@@H](C)C3)c2[nH]1. The molecule has 1 aliphatic heterocycles. The zero-order valence-electron chi connectivity index (χ0n) is 17.2. The lowest BCUT2D eigenvalue weighted by Crippen LogP contribution is -2.59. The lowest BCUT2D eigenvalue weighted by atomic mass is 10.1. The van der Waals surface area contributed by atoms with Crippen molar-refractivity contribution >= 4 is 28.8 Å². The third kappa shape index (κ3) is 3.76. The summed E-state index contributed by atoms with van der Waals surface area (Å²) in [6, 6.07) is 3.29. The molecule has 1 saturated heterocycles. The molecule has 1 aliphatic rings. The standard InChI is InChI=1S/C20H28N4O4/c1-11-9-23(10-12(2)24(11)19(27)28-20(4,5)6)15-8-7-14(18(25)26)16-17(15)22-13(3)21-16/h7-8,11-12H,9-10H2,1-6H3,(H,21,22)(H,25,26)/t11-,12+. The Hall–Kier alpha value is -2.77. The Bertz CT molecular complexity index is 903. The number of aromatic amines is 1. The maximum Gasteiger partial charge on any atom is 0.410 e. The number of carboxylic acid groups (broad SMARTS) is 1. The summed E-state index contributed by atoms with van der Waals surface area (Å²) in [5.74, 6) is -0.335. The van der Waals surface area contributed by atoms with Crippen LogP contribution >= 0.6 is 0 Å². The van der Waals surface area contributed by atoms with Crippen LogP contribution in [-0.4, -0.2) is 62.8 Å². The van der Waals surface area contributed by atoms with Crippen LogP contribution in [0, 0.1) is 6.92 Å². The van der Waals surface area contributed by atoms with Crippen molar-refractivity contribution in [2.75, 3.05) is 18.0 Å². The Morgan fingerprint density at radius 3 is 2.36 bits per heavy atom. The zero-order valence-corrected chi connectivity index (χ0v) is 17.2. The summed E-state index contributed by atoms with van der Waals surface area (Å²) in [7, 11) is 0. The number of carbonyl (C=O) groups excluding carboxylic acids is 1. The molecule has 152 valence electrons. The number of aryl methyl sites for hydroxylation is 1. The van der Waals surface area contributed by atoms with Crippen molar-refractivity contribution in [3.8, 4) is 0 Å². The molecule has 1 aromatic heterocycles. The van der Waals surface area contributed by atoms with E-state index in [1.54, 1.807) is 17.9 Å². The number of nitrogens with zero attached hydrogens (tertiary/aromatic N) is 3. The number of fused-ring (bicyclic) bond motifs is 1. The van der Waals surface area contributed by atoms with Crippen LogP contribution in [-0.2, 0) is 4.74 Å². The zero-order chi connectivity index (χ0) is 20.8. The van der Waals surface area contributed by atoms with Gasteiger partial charge in [-0.15, -0.1) is 0 Å². The Balaban J connectivity index is 1.90. The predicted molar refractivity (Wildman–Crippen MR) is 107 cm³/mol. The number of anilines is 1. The highest BCUT2D eigenvalue weighted by Crippen LogP contribution is 2.31. The van der Waals surface area contributed by atoms with Crippen LogP contribution in [0.25, 0.3) is 11.0 Å². The van der Waals surface area contributed by atoms with Crippen LogP contribution in [0.5, 0.6) is 0 Å². The van der Waals surface area contributed by atoms with Crippen molar-refractivity contribution in [1.29, 1.82) is 0 Å². The number of imidazole rings is 1. The van der Waals surface area contributed by atoms with Gasteiger partial charge >= 0.3 is 12.1 Å². The van der Waals surface area contributed by atoms with E-state index >= 15 is 0 Å². The number of nitrogens with one attached hydrogen (secondary N) is 1. The third-order valence-electron chi connectivity index (χ3n) is 4.84. The molecular formula is C20H28N4O4. The number of ether oxygens (including phenoxy) is 1. The first-order valence-electron chi connectivity index (χ1n) is 9.47. The summed E-state index contributed by atoms with van der Waals surface area (Å²) >= 11 is 0. The molecule has 3 rings (SSSR count). The van der Waals surface area contributed by atoms with E-state index in [9.17, 15) is 14.7 Å². The minimum absolute atomic E-state index is 0.0585. The van der Waals surface area contributed by atoms with Crippen molar-refractivity contribution in [2.24, 2.45) is 0 Å². The predicted octanol–water partition coefficient (Wildman–Crippen LogP) is 3.40. The average Bonchev–Trinajstić information content (AvgIpc) is 2.92. The number of piperazine rings is 1. The van der Waals surface area contributed by atoms with Crippen molar-refractivity contribution in [3.63, 3.8) is 0 Å². The Kier molecular flexibility index (Phi) is 4.99. The van der Waals surface area contributed by atoms with E-state index in [1.165, 1.54) is 0 Å². The quantitative estimate of drug-likeness (QED) is 0.818. The number of rotatable bonds is 2. The number of benzene rings is 1. The van der Waals surface area contributed by atoms with Gasteiger partial charge in [-0.3, -0.25) is 4.90 Å². The fourth-order valence-corrected chi connectivity index (χ4v) is 3.83. The minimum atomic E-state index is -1.00. The molecule has 2 aromatic rings. The largest absolute Gasteiger partial charge is 0.478 e. The normalized spacial score (nSPS) is 20.5. The van der Waals surface area contributed by atoms with Crippen LogP contribution in [0.15, 0.2) is 12.1 Å². The van der Waals surface area contributed by atoms with Gasteiger partial charge in [-0.05, 0) is 53.7 Å². The summed E-state index contributed by atoms with van der Waals surface area (Å²) in [5, 5.41) is 9.44. The molecule has 28 heavy (non-hydrogen) atoms. The molecule has 2 atom stereocenters. The molecule has 1 amide bonds. The smallest absolute Gasteiger partial charge is 0.410 e. The molecule has 0 radical (unpaired) electrons. The van der Waals surface area contributed by atoms with Gasteiger partial charge in [0.25, 0.3) is 0 Å². The first kappa shape index (κ1) is 20.0. The van der Waals surface area contributed by atoms with E-state index in [4.69, 9.17) is 4.74 Å². The summed E-state index contributed by atoms with van der Waals surface area (Å²) in [6.45, 7) is 12.6. The van der Waals surface area contributed by atoms with E-state index in [2.05, 4.69) is 14.9 Å². The summed E-state index contributed by atoms with van der Waals surface area (Å²) in [5.41, 5.74) is 1.69. The summed E-state index contributed by atoms with van der Waals surface area (Å²) < 4.78 is 5.56. The van der Waals surface area contributed by atoms with Crippen molar-refractivity contribution in [1.82, 2.24) is 14.9 Å². The maximum absolute atomic E-state index is 12.6. The van der Waals surface area contributed by atoms with Gasteiger partial charge in [-0.2, -0.15) is 0 Å². The minimum Gasteiger partial charge on any atom is -0.478 e. The Labute approximate surface area is 164 Å². The number of hydrogen-bond acceptors (Lipinski definition) is 5. The van der Waals surface area contributed by atoms with E-state index in [-0.39, 0.29) is 23.7 Å². The molecule has 0 bridgehead atoms. The number of amides is 1. The first-order valence-corrected chi connectivity index (χ1v) is 9.47. The van der Waals surface area contributed by atoms with Gasteiger partial charge in [-0.1, -0.05) is 0 Å². The van der Waals surface area contributed by atoms with Gasteiger partial charge in [-0.25, -0.2) is 14.6 Å². The van der Waals surface area contributed by atoms with Crippen molar-refractivity contribution in [2.45, 2.75) is 59.2 Å². The second kappa shape index (κ2) is 7.00. The van der Waals surface area contributed by atoms with Gasteiger partial charge in [0.1, 0.15) is 16.9 Å².